The van der Waals surface area contributed by atoms with Gasteiger partial charge in [-0.15, -0.1) is 0 Å². The van der Waals surface area contributed by atoms with E-state index in [2.05, 4.69) is 115 Å². The quantitative estimate of drug-likeness (QED) is 0.191. The molecule has 3 heteroatoms. The van der Waals surface area contributed by atoms with E-state index in [0.29, 0.717) is 4.90 Å². The molecule has 1 aliphatic heterocycles. The first-order chi connectivity index (χ1) is 21.8. The molecule has 4 aromatic rings. The summed E-state index contributed by atoms with van der Waals surface area (Å²) in [5, 5.41) is 1.58. The summed E-state index contributed by atoms with van der Waals surface area (Å²) in [5.41, 5.74) is 25.5. The van der Waals surface area contributed by atoms with Crippen molar-refractivity contribution in [1.82, 2.24) is 0 Å². The molecule has 1 spiro atoms. The third-order valence-corrected chi connectivity index (χ3v) is 15.1. The molecule has 3 aliphatic rings. The van der Waals surface area contributed by atoms with E-state index in [1.807, 2.05) is 0 Å². The van der Waals surface area contributed by atoms with Gasteiger partial charge in [0.25, 0.3) is 0 Å². The van der Waals surface area contributed by atoms with Crippen molar-refractivity contribution in [3.05, 3.63) is 118 Å². The third-order valence-electron chi connectivity index (χ3n) is 13.5. The molecule has 0 saturated heterocycles. The first-order valence-electron chi connectivity index (χ1n) is 17.3. The zero-order chi connectivity index (χ0) is 34.4. The van der Waals surface area contributed by atoms with Gasteiger partial charge in [0.2, 0.25) is 0 Å². The summed E-state index contributed by atoms with van der Waals surface area (Å²) in [4.78, 5) is 0.553. The molecule has 0 bridgehead atoms. The summed E-state index contributed by atoms with van der Waals surface area (Å²) < 4.78 is 28.9. The van der Waals surface area contributed by atoms with Crippen LogP contribution in [0, 0.1) is 83.1 Å². The Morgan fingerprint density at radius 1 is 0.511 bits per heavy atom. The Morgan fingerprint density at radius 2 is 0.894 bits per heavy atom. The molecule has 0 radical (unpaired) electrons. The molecule has 0 atom stereocenters. The first kappa shape index (κ1) is 32.1. The molecule has 0 amide bonds. The van der Waals surface area contributed by atoms with Gasteiger partial charge < -0.3 is 0 Å². The van der Waals surface area contributed by atoms with Crippen LogP contribution in [0.5, 0.6) is 0 Å². The van der Waals surface area contributed by atoms with Crippen molar-refractivity contribution >= 4 is 9.84 Å². The molecule has 244 valence electrons. The Morgan fingerprint density at radius 3 is 1.34 bits per heavy atom. The lowest BCUT2D eigenvalue weighted by molar-refractivity contribution is 0.522. The van der Waals surface area contributed by atoms with Crippen LogP contribution in [-0.4, -0.2) is 8.42 Å². The van der Waals surface area contributed by atoms with Crippen LogP contribution in [0.25, 0.3) is 22.3 Å². The number of allylic oxidation sites excluding steroid dienone is 1. The molecule has 0 aromatic heterocycles. The standard InChI is InChI=1S/C44H50O2S/c1-21-22(2)28(8)37-36(27(21)7)38-29(9)23(3)25(5)31(11)40(38)44(41-32(12)26(6)24(4)30(10)39(37)41)19-20-47(45,46)42-33-17-18-43(13,14)34(33)15-16-35(42)44/h15-16,19-20H,17-18H2,1-14H3. The second-order valence-electron chi connectivity index (χ2n) is 15.8. The van der Waals surface area contributed by atoms with Crippen LogP contribution in [0.1, 0.15) is 115 Å². The normalized spacial score (nSPS) is 17.6. The van der Waals surface area contributed by atoms with Gasteiger partial charge in [-0.1, -0.05) is 32.1 Å². The van der Waals surface area contributed by atoms with Crippen molar-refractivity contribution in [3.8, 4) is 22.3 Å². The van der Waals surface area contributed by atoms with Gasteiger partial charge in [-0.05, 0) is 218 Å². The highest BCUT2D eigenvalue weighted by Crippen LogP contribution is 2.62. The van der Waals surface area contributed by atoms with Crippen molar-refractivity contribution in [2.24, 2.45) is 0 Å². The predicted octanol–water partition coefficient (Wildman–Crippen LogP) is 10.9. The average Bonchev–Trinajstić information content (AvgIpc) is 3.27. The molecule has 2 aliphatic carbocycles. The maximum atomic E-state index is 14.5. The molecule has 0 saturated carbocycles. The number of hydrogen-bond donors (Lipinski definition) is 0. The van der Waals surface area contributed by atoms with E-state index in [-0.39, 0.29) is 5.41 Å². The Balaban J connectivity index is 1.89. The monoisotopic (exact) mass is 642 g/mol. The van der Waals surface area contributed by atoms with Crippen LogP contribution in [0.4, 0.5) is 0 Å². The van der Waals surface area contributed by atoms with Crippen molar-refractivity contribution in [1.29, 1.82) is 0 Å². The van der Waals surface area contributed by atoms with Gasteiger partial charge in [0.05, 0.1) is 10.3 Å². The third kappa shape index (κ3) is 3.76. The molecule has 0 N–H and O–H groups in total. The van der Waals surface area contributed by atoms with Crippen LogP contribution >= 0.6 is 0 Å². The van der Waals surface area contributed by atoms with Crippen LogP contribution in [0.15, 0.2) is 28.5 Å². The van der Waals surface area contributed by atoms with Gasteiger partial charge in [0.15, 0.2) is 9.84 Å². The lowest BCUT2D eigenvalue weighted by Gasteiger charge is -2.42. The highest BCUT2D eigenvalue weighted by atomic mass is 32.2. The molecular weight excluding hydrogens is 593 g/mol. The van der Waals surface area contributed by atoms with E-state index in [0.717, 1.165) is 24.0 Å². The molecule has 4 aromatic carbocycles. The molecule has 7 rings (SSSR count). The maximum Gasteiger partial charge on any atom is 0.200 e. The lowest BCUT2D eigenvalue weighted by Crippen LogP contribution is -2.36. The zero-order valence-electron chi connectivity index (χ0n) is 30.9. The van der Waals surface area contributed by atoms with Crippen LogP contribution in [0.2, 0.25) is 0 Å². The van der Waals surface area contributed by atoms with Gasteiger partial charge >= 0.3 is 0 Å². The predicted molar refractivity (Wildman–Crippen MR) is 198 cm³/mol. The second kappa shape index (κ2) is 9.82. The molecule has 0 unspecified atom stereocenters. The van der Waals surface area contributed by atoms with Crippen molar-refractivity contribution in [3.63, 3.8) is 0 Å². The summed E-state index contributed by atoms with van der Waals surface area (Å²) in [6.45, 7) is 31.9. The number of rotatable bonds is 0. The van der Waals surface area contributed by atoms with Gasteiger partial charge in [-0.2, -0.15) is 0 Å². The van der Waals surface area contributed by atoms with E-state index in [9.17, 15) is 8.42 Å². The summed E-state index contributed by atoms with van der Waals surface area (Å²) in [6, 6.07) is 4.47. The fourth-order valence-electron chi connectivity index (χ4n) is 9.80. The van der Waals surface area contributed by atoms with Crippen molar-refractivity contribution < 1.29 is 8.42 Å². The van der Waals surface area contributed by atoms with E-state index < -0.39 is 15.3 Å². The van der Waals surface area contributed by atoms with E-state index in [4.69, 9.17) is 0 Å². The summed E-state index contributed by atoms with van der Waals surface area (Å²) in [6.07, 6.45) is 3.82. The molecule has 0 fully saturated rings. The SMILES string of the molecule is Cc1c(C)c(C)c2c(c1C)-c1c(C)c(C)c(C)c(C)c1C1(C=CS(=O)(=O)c3c1ccc1c3CCC1(C)C)c1c(C)c(C)c(C)c(C)c1-2. The highest BCUT2D eigenvalue weighted by Gasteiger charge is 2.51. The Kier molecular flexibility index (Phi) is 6.71. The van der Waals surface area contributed by atoms with E-state index in [1.54, 1.807) is 5.41 Å². The Hall–Kier alpha value is -3.43. The summed E-state index contributed by atoms with van der Waals surface area (Å²) in [7, 11) is -3.67. The lowest BCUT2D eigenvalue weighted by atomic mass is 9.62. The molecule has 2 nitrogen and oxygen atoms in total. The Bertz CT molecular complexity index is 2190. The van der Waals surface area contributed by atoms with Gasteiger partial charge in [0, 0.05) is 5.41 Å². The zero-order valence-corrected chi connectivity index (χ0v) is 31.8. The molecule has 47 heavy (non-hydrogen) atoms. The number of benzene rings is 4. The number of sulfone groups is 1. The Labute approximate surface area is 283 Å². The number of fused-ring (bicyclic) bond motifs is 11. The van der Waals surface area contributed by atoms with Crippen LogP contribution < -0.4 is 0 Å². The van der Waals surface area contributed by atoms with Crippen molar-refractivity contribution in [2.45, 2.75) is 125 Å². The molecular formula is C44H50O2S. The number of hydrogen-bond acceptors (Lipinski definition) is 2. The minimum atomic E-state index is -3.67. The first-order valence-corrected chi connectivity index (χ1v) is 18.8. The fraction of sp³-hybridized carbons (Fsp3) is 0.409. The van der Waals surface area contributed by atoms with Gasteiger partial charge in [-0.25, -0.2) is 8.42 Å². The summed E-state index contributed by atoms with van der Waals surface area (Å²) >= 11 is 0. The maximum absolute atomic E-state index is 14.5. The highest BCUT2D eigenvalue weighted by molar-refractivity contribution is 7.94. The average molecular weight is 643 g/mol. The summed E-state index contributed by atoms with van der Waals surface area (Å²) in [5.74, 6) is 0. The minimum absolute atomic E-state index is 0.0621. The van der Waals surface area contributed by atoms with Gasteiger partial charge in [0.1, 0.15) is 0 Å². The van der Waals surface area contributed by atoms with E-state index >= 15 is 0 Å². The second-order valence-corrected chi connectivity index (χ2v) is 17.5. The fourth-order valence-corrected chi connectivity index (χ4v) is 11.4. The van der Waals surface area contributed by atoms with Crippen LogP contribution in [-0.2, 0) is 27.1 Å². The van der Waals surface area contributed by atoms with Crippen molar-refractivity contribution in [2.75, 3.05) is 0 Å². The largest absolute Gasteiger partial charge is 0.219 e. The van der Waals surface area contributed by atoms with Gasteiger partial charge in [-0.3, -0.25) is 0 Å². The van der Waals surface area contributed by atoms with E-state index in [1.165, 1.54) is 106 Å². The smallest absolute Gasteiger partial charge is 0.200 e. The minimum Gasteiger partial charge on any atom is -0.219 e. The topological polar surface area (TPSA) is 34.1 Å². The molecule has 1 heterocycles. The van der Waals surface area contributed by atoms with Crippen LogP contribution in [0.3, 0.4) is 0 Å².